The molecular formula is C16H11F5. The van der Waals surface area contributed by atoms with Gasteiger partial charge in [0.1, 0.15) is 17.2 Å². The van der Waals surface area contributed by atoms with Gasteiger partial charge in [-0.1, -0.05) is 36.4 Å². The van der Waals surface area contributed by atoms with Crippen molar-refractivity contribution in [3.05, 3.63) is 65.7 Å². The summed E-state index contributed by atoms with van der Waals surface area (Å²) in [5.41, 5.74) is -0.363. The third-order valence-corrected chi connectivity index (χ3v) is 3.06. The molecule has 0 heterocycles. The summed E-state index contributed by atoms with van der Waals surface area (Å²) in [6.45, 7) is 5.50. The lowest BCUT2D eigenvalue weighted by Crippen LogP contribution is -2.12. The van der Waals surface area contributed by atoms with Gasteiger partial charge in [0.15, 0.2) is 0 Å². The summed E-state index contributed by atoms with van der Waals surface area (Å²) in [5.74, 6) is -3.23. The van der Waals surface area contributed by atoms with Crippen LogP contribution in [0, 0.1) is 11.6 Å². The number of allylic oxidation sites excluding steroid dienone is 1. The van der Waals surface area contributed by atoms with Crippen LogP contribution in [0.3, 0.4) is 0 Å². The number of halogens is 5. The SMILES string of the molecule is C=C(C)c1ccc(-c2ccc(F)c(C(F)(F)F)c2F)cc1. The Hall–Kier alpha value is -2.17. The van der Waals surface area contributed by atoms with Crippen molar-refractivity contribution in [3.63, 3.8) is 0 Å². The lowest BCUT2D eigenvalue weighted by molar-refractivity contribution is -0.142. The van der Waals surface area contributed by atoms with Crippen LogP contribution in [-0.4, -0.2) is 0 Å². The van der Waals surface area contributed by atoms with Gasteiger partial charge in [0.2, 0.25) is 0 Å². The van der Waals surface area contributed by atoms with Crippen molar-refractivity contribution in [1.82, 2.24) is 0 Å². The lowest BCUT2D eigenvalue weighted by atomic mass is 9.99. The van der Waals surface area contributed by atoms with E-state index >= 15 is 0 Å². The van der Waals surface area contributed by atoms with Gasteiger partial charge in [-0.05, 0) is 30.2 Å². The minimum Gasteiger partial charge on any atom is -0.206 e. The Morgan fingerprint density at radius 1 is 0.952 bits per heavy atom. The number of hydrogen-bond donors (Lipinski definition) is 0. The minimum atomic E-state index is -5.08. The monoisotopic (exact) mass is 298 g/mol. The van der Waals surface area contributed by atoms with Crippen molar-refractivity contribution < 1.29 is 22.0 Å². The zero-order valence-electron chi connectivity index (χ0n) is 11.1. The van der Waals surface area contributed by atoms with Crippen molar-refractivity contribution in [2.75, 3.05) is 0 Å². The summed E-state index contributed by atoms with van der Waals surface area (Å²) < 4.78 is 65.3. The normalized spacial score (nSPS) is 11.5. The van der Waals surface area contributed by atoms with Gasteiger partial charge in [-0.25, -0.2) is 8.78 Å². The predicted octanol–water partition coefficient (Wildman–Crippen LogP) is 5.68. The van der Waals surface area contributed by atoms with E-state index in [0.717, 1.165) is 17.2 Å². The molecule has 5 heteroatoms. The third kappa shape index (κ3) is 2.96. The second kappa shape index (κ2) is 5.31. The largest absolute Gasteiger partial charge is 0.422 e. The molecule has 2 aromatic carbocycles. The molecule has 0 atom stereocenters. The maximum atomic E-state index is 14.0. The third-order valence-electron chi connectivity index (χ3n) is 3.06. The zero-order valence-corrected chi connectivity index (χ0v) is 11.1. The maximum absolute atomic E-state index is 14.0. The molecule has 0 aliphatic rings. The van der Waals surface area contributed by atoms with Crippen LogP contribution in [-0.2, 0) is 6.18 Å². The Morgan fingerprint density at radius 3 is 2.00 bits per heavy atom. The minimum absolute atomic E-state index is 0.239. The highest BCUT2D eigenvalue weighted by atomic mass is 19.4. The number of benzene rings is 2. The van der Waals surface area contributed by atoms with Gasteiger partial charge in [-0.2, -0.15) is 13.2 Å². The molecule has 0 spiro atoms. The highest BCUT2D eigenvalue weighted by Gasteiger charge is 2.38. The first kappa shape index (κ1) is 15.2. The van der Waals surface area contributed by atoms with Crippen molar-refractivity contribution in [3.8, 4) is 11.1 Å². The predicted molar refractivity (Wildman–Crippen MR) is 71.5 cm³/mol. The van der Waals surface area contributed by atoms with E-state index in [-0.39, 0.29) is 11.1 Å². The second-order valence-electron chi connectivity index (χ2n) is 4.64. The Balaban J connectivity index is 2.57. The summed E-state index contributed by atoms with van der Waals surface area (Å²) in [4.78, 5) is 0. The van der Waals surface area contributed by atoms with Crippen molar-refractivity contribution in [2.24, 2.45) is 0 Å². The molecular weight excluding hydrogens is 287 g/mol. The lowest BCUT2D eigenvalue weighted by Gasteiger charge is -2.13. The van der Waals surface area contributed by atoms with Crippen LogP contribution in [0.2, 0.25) is 0 Å². The van der Waals surface area contributed by atoms with Gasteiger partial charge in [0, 0.05) is 5.56 Å². The number of hydrogen-bond acceptors (Lipinski definition) is 0. The van der Waals surface area contributed by atoms with E-state index in [4.69, 9.17) is 0 Å². The van der Waals surface area contributed by atoms with Crippen molar-refractivity contribution in [1.29, 1.82) is 0 Å². The smallest absolute Gasteiger partial charge is 0.206 e. The van der Waals surface area contributed by atoms with Gasteiger partial charge in [0.25, 0.3) is 0 Å². The standard InChI is InChI=1S/C16H11F5/c1-9(2)10-3-5-11(6-4-10)12-7-8-13(17)14(15(12)18)16(19,20)21/h3-8H,1H2,2H3. The molecule has 0 bridgehead atoms. The quantitative estimate of drug-likeness (QED) is 0.625. The maximum Gasteiger partial charge on any atom is 0.422 e. The van der Waals surface area contributed by atoms with E-state index in [1.165, 1.54) is 12.1 Å². The molecule has 2 aromatic rings. The van der Waals surface area contributed by atoms with Crippen LogP contribution in [0.5, 0.6) is 0 Å². The van der Waals surface area contributed by atoms with Crippen LogP contribution in [0.1, 0.15) is 18.1 Å². The first-order chi connectivity index (χ1) is 9.71. The van der Waals surface area contributed by atoms with Gasteiger partial charge in [0.05, 0.1) is 0 Å². The first-order valence-electron chi connectivity index (χ1n) is 6.03. The molecule has 0 aliphatic carbocycles. The molecule has 21 heavy (non-hydrogen) atoms. The molecule has 0 saturated carbocycles. The molecule has 0 aliphatic heterocycles. The summed E-state index contributed by atoms with van der Waals surface area (Å²) >= 11 is 0. The average Bonchev–Trinajstić information content (AvgIpc) is 2.37. The molecule has 0 fully saturated rings. The van der Waals surface area contributed by atoms with Crippen LogP contribution in [0.4, 0.5) is 22.0 Å². The van der Waals surface area contributed by atoms with Crippen molar-refractivity contribution in [2.45, 2.75) is 13.1 Å². The zero-order chi connectivity index (χ0) is 15.8. The van der Waals surface area contributed by atoms with Gasteiger partial charge < -0.3 is 0 Å². The summed E-state index contributed by atoms with van der Waals surface area (Å²) in [6, 6.07) is 7.80. The van der Waals surface area contributed by atoms with E-state index in [1.54, 1.807) is 19.1 Å². The highest BCUT2D eigenvalue weighted by Crippen LogP contribution is 2.37. The van der Waals surface area contributed by atoms with E-state index in [2.05, 4.69) is 6.58 Å². The Labute approximate surface area is 118 Å². The molecule has 2 rings (SSSR count). The molecule has 110 valence electrons. The fourth-order valence-corrected chi connectivity index (χ4v) is 1.97. The Morgan fingerprint density at radius 2 is 1.52 bits per heavy atom. The van der Waals surface area contributed by atoms with E-state index < -0.39 is 23.4 Å². The molecule has 0 aromatic heterocycles. The Bertz CT molecular complexity index is 681. The Kier molecular flexibility index (Phi) is 3.85. The fourth-order valence-electron chi connectivity index (χ4n) is 1.97. The van der Waals surface area contributed by atoms with E-state index in [0.29, 0.717) is 6.07 Å². The molecule has 0 amide bonds. The summed E-state index contributed by atoms with van der Waals surface area (Å²) in [6.07, 6.45) is -5.08. The molecule has 0 radical (unpaired) electrons. The summed E-state index contributed by atoms with van der Waals surface area (Å²) in [7, 11) is 0. The van der Waals surface area contributed by atoms with E-state index in [1.807, 2.05) is 0 Å². The highest BCUT2D eigenvalue weighted by molar-refractivity contribution is 5.69. The molecule has 0 saturated heterocycles. The van der Waals surface area contributed by atoms with Crippen molar-refractivity contribution >= 4 is 5.57 Å². The van der Waals surface area contributed by atoms with E-state index in [9.17, 15) is 22.0 Å². The van der Waals surface area contributed by atoms with Crippen LogP contribution >= 0.6 is 0 Å². The summed E-state index contributed by atoms with van der Waals surface area (Å²) in [5, 5.41) is 0. The van der Waals surface area contributed by atoms with Gasteiger partial charge >= 0.3 is 6.18 Å². The molecule has 0 unspecified atom stereocenters. The van der Waals surface area contributed by atoms with Crippen LogP contribution < -0.4 is 0 Å². The van der Waals surface area contributed by atoms with Crippen LogP contribution in [0.25, 0.3) is 16.7 Å². The fraction of sp³-hybridized carbons (Fsp3) is 0.125. The number of alkyl halides is 3. The number of rotatable bonds is 2. The van der Waals surface area contributed by atoms with Gasteiger partial charge in [-0.15, -0.1) is 0 Å². The molecule has 0 nitrogen and oxygen atoms in total. The van der Waals surface area contributed by atoms with Gasteiger partial charge in [-0.3, -0.25) is 0 Å². The van der Waals surface area contributed by atoms with Crippen LogP contribution in [0.15, 0.2) is 43.0 Å². The topological polar surface area (TPSA) is 0 Å². The first-order valence-corrected chi connectivity index (χ1v) is 6.03. The average molecular weight is 298 g/mol. The second-order valence-corrected chi connectivity index (χ2v) is 4.64. The molecule has 0 N–H and O–H groups in total.